The molecule has 110 valence electrons. The van der Waals surface area contributed by atoms with Gasteiger partial charge in [0.2, 0.25) is 5.75 Å². The Morgan fingerprint density at radius 1 is 1.24 bits per heavy atom. The molecule has 0 bridgehead atoms. The Balaban J connectivity index is 2.34. The zero-order valence-electron chi connectivity index (χ0n) is 11.5. The summed E-state index contributed by atoms with van der Waals surface area (Å²) < 4.78 is 5.71. The first-order chi connectivity index (χ1) is 10.1. The molecule has 0 saturated carbocycles. The number of para-hydroxylation sites is 1. The summed E-state index contributed by atoms with van der Waals surface area (Å²) in [7, 11) is 0. The third kappa shape index (κ3) is 3.93. The molecule has 2 aromatic carbocycles. The van der Waals surface area contributed by atoms with Gasteiger partial charge in [0.1, 0.15) is 5.75 Å². The van der Waals surface area contributed by atoms with Crippen LogP contribution in [0.3, 0.4) is 0 Å². The van der Waals surface area contributed by atoms with Crippen LogP contribution in [0.5, 0.6) is 11.5 Å². The van der Waals surface area contributed by atoms with E-state index in [1.807, 2.05) is 25.1 Å². The molecule has 0 heterocycles. The molecule has 21 heavy (non-hydrogen) atoms. The number of nitro benzene ring substituents is 1. The monoisotopic (exact) mass is 306 g/mol. The van der Waals surface area contributed by atoms with Gasteiger partial charge in [-0.1, -0.05) is 36.7 Å². The minimum Gasteiger partial charge on any atom is -0.450 e. The highest BCUT2D eigenvalue weighted by molar-refractivity contribution is 6.30. The first-order valence-electron chi connectivity index (χ1n) is 6.52. The predicted molar refractivity (Wildman–Crippen MR) is 82.0 cm³/mol. The van der Waals surface area contributed by atoms with Crippen LogP contribution in [0, 0.1) is 10.1 Å². The molecular weight excluding hydrogens is 292 g/mol. The summed E-state index contributed by atoms with van der Waals surface area (Å²) in [5, 5.41) is 14.6. The number of nitrogens with one attached hydrogen (secondary N) is 1. The third-order valence-electron chi connectivity index (χ3n) is 2.88. The summed E-state index contributed by atoms with van der Waals surface area (Å²) in [5.74, 6) is 0.709. The molecule has 0 spiro atoms. The molecule has 2 aromatic rings. The van der Waals surface area contributed by atoms with Crippen molar-refractivity contribution in [3.8, 4) is 11.5 Å². The highest BCUT2D eigenvalue weighted by Gasteiger charge is 2.17. The summed E-state index contributed by atoms with van der Waals surface area (Å²) in [6.07, 6.45) is 0. The molecule has 0 fully saturated rings. The zero-order chi connectivity index (χ0) is 15.2. The van der Waals surface area contributed by atoms with E-state index in [9.17, 15) is 10.1 Å². The fourth-order valence-corrected chi connectivity index (χ4v) is 2.01. The van der Waals surface area contributed by atoms with Gasteiger partial charge in [-0.2, -0.15) is 0 Å². The number of ether oxygens (including phenoxy) is 1. The van der Waals surface area contributed by atoms with Crippen LogP contribution in [0.25, 0.3) is 0 Å². The van der Waals surface area contributed by atoms with E-state index in [-0.39, 0.29) is 11.4 Å². The zero-order valence-corrected chi connectivity index (χ0v) is 12.3. The molecule has 0 amide bonds. The fraction of sp³-hybridized carbons (Fsp3) is 0.200. The average Bonchev–Trinajstić information content (AvgIpc) is 2.46. The minimum atomic E-state index is -0.488. The Morgan fingerprint density at radius 3 is 2.71 bits per heavy atom. The Bertz CT molecular complexity index is 647. The molecule has 0 unspecified atom stereocenters. The van der Waals surface area contributed by atoms with Gasteiger partial charge in [0.05, 0.1) is 4.92 Å². The molecule has 6 heteroatoms. The second-order valence-electron chi connectivity index (χ2n) is 4.36. The van der Waals surface area contributed by atoms with E-state index in [2.05, 4.69) is 5.32 Å². The van der Waals surface area contributed by atoms with Gasteiger partial charge in [-0.3, -0.25) is 10.1 Å². The second-order valence-corrected chi connectivity index (χ2v) is 4.80. The van der Waals surface area contributed by atoms with Crippen LogP contribution in [-0.2, 0) is 6.54 Å². The number of halogens is 1. The number of nitro groups is 1. The lowest BCUT2D eigenvalue weighted by atomic mass is 10.2. The Hall–Kier alpha value is -2.11. The Morgan fingerprint density at radius 2 is 2.00 bits per heavy atom. The summed E-state index contributed by atoms with van der Waals surface area (Å²) in [5.41, 5.74) is 0.811. The maximum Gasteiger partial charge on any atom is 0.311 e. The summed E-state index contributed by atoms with van der Waals surface area (Å²) >= 11 is 5.90. The van der Waals surface area contributed by atoms with Crippen LogP contribution in [-0.4, -0.2) is 11.5 Å². The van der Waals surface area contributed by atoms with Gasteiger partial charge >= 0.3 is 5.69 Å². The van der Waals surface area contributed by atoms with Crippen LogP contribution >= 0.6 is 11.6 Å². The molecule has 0 aliphatic rings. The van der Waals surface area contributed by atoms with Crippen molar-refractivity contribution in [2.24, 2.45) is 0 Å². The number of nitrogens with zero attached hydrogens (tertiary/aromatic N) is 1. The largest absolute Gasteiger partial charge is 0.450 e. The van der Waals surface area contributed by atoms with Crippen molar-refractivity contribution < 1.29 is 9.66 Å². The van der Waals surface area contributed by atoms with E-state index in [0.29, 0.717) is 17.3 Å². The lowest BCUT2D eigenvalue weighted by Gasteiger charge is -2.11. The topological polar surface area (TPSA) is 64.4 Å². The summed E-state index contributed by atoms with van der Waals surface area (Å²) in [4.78, 5) is 10.6. The van der Waals surface area contributed by atoms with Crippen LogP contribution in [0.1, 0.15) is 12.5 Å². The van der Waals surface area contributed by atoms with Gasteiger partial charge < -0.3 is 10.1 Å². The van der Waals surface area contributed by atoms with Gasteiger partial charge in [-0.05, 0) is 18.7 Å². The van der Waals surface area contributed by atoms with Crippen LogP contribution in [0.15, 0.2) is 42.5 Å². The smallest absolute Gasteiger partial charge is 0.311 e. The molecule has 0 aliphatic carbocycles. The number of benzene rings is 2. The third-order valence-corrected chi connectivity index (χ3v) is 3.11. The first-order valence-corrected chi connectivity index (χ1v) is 6.90. The van der Waals surface area contributed by atoms with Gasteiger partial charge in [0.15, 0.2) is 0 Å². The molecular formula is C15H15ClN2O3. The fourth-order valence-electron chi connectivity index (χ4n) is 1.85. The van der Waals surface area contributed by atoms with Crippen molar-refractivity contribution >= 4 is 17.3 Å². The maximum absolute atomic E-state index is 11.1. The molecule has 0 saturated heterocycles. The van der Waals surface area contributed by atoms with E-state index in [1.165, 1.54) is 18.2 Å². The normalized spacial score (nSPS) is 10.4. The van der Waals surface area contributed by atoms with Gasteiger partial charge in [-0.25, -0.2) is 0 Å². The van der Waals surface area contributed by atoms with Crippen molar-refractivity contribution in [3.63, 3.8) is 0 Å². The summed E-state index contributed by atoms with van der Waals surface area (Å²) in [6, 6.07) is 11.7. The van der Waals surface area contributed by atoms with E-state index in [0.717, 1.165) is 12.1 Å². The van der Waals surface area contributed by atoms with Crippen molar-refractivity contribution in [2.45, 2.75) is 13.5 Å². The standard InChI is InChI=1S/C15H15ClN2O3/c1-2-17-10-11-5-3-4-6-14(11)21-15-9-12(16)7-8-13(15)18(19)20/h3-9,17H,2,10H2,1H3. The van der Waals surface area contributed by atoms with Crippen LogP contribution < -0.4 is 10.1 Å². The first kappa shape index (κ1) is 15.3. The number of hydrogen-bond donors (Lipinski definition) is 1. The highest BCUT2D eigenvalue weighted by atomic mass is 35.5. The molecule has 0 aromatic heterocycles. The van der Waals surface area contributed by atoms with Crippen molar-refractivity contribution in [2.75, 3.05) is 6.54 Å². The molecule has 2 rings (SSSR count). The maximum atomic E-state index is 11.1. The number of rotatable bonds is 6. The predicted octanol–water partition coefficient (Wildman–Crippen LogP) is 4.15. The quantitative estimate of drug-likeness (QED) is 0.643. The van der Waals surface area contributed by atoms with Crippen LogP contribution in [0.2, 0.25) is 5.02 Å². The minimum absolute atomic E-state index is 0.113. The lowest BCUT2D eigenvalue weighted by Crippen LogP contribution is -2.12. The molecule has 0 atom stereocenters. The van der Waals surface area contributed by atoms with Crippen molar-refractivity contribution in [3.05, 3.63) is 63.2 Å². The molecule has 0 aliphatic heterocycles. The van der Waals surface area contributed by atoms with E-state index >= 15 is 0 Å². The van der Waals surface area contributed by atoms with Crippen molar-refractivity contribution in [1.29, 1.82) is 0 Å². The van der Waals surface area contributed by atoms with Gasteiger partial charge in [-0.15, -0.1) is 0 Å². The van der Waals surface area contributed by atoms with Gasteiger partial charge in [0, 0.05) is 29.3 Å². The van der Waals surface area contributed by atoms with Crippen molar-refractivity contribution in [1.82, 2.24) is 5.32 Å². The Labute approximate surface area is 127 Å². The second kappa shape index (κ2) is 7.06. The SMILES string of the molecule is CCNCc1ccccc1Oc1cc(Cl)ccc1[N+](=O)[O-]. The molecule has 5 nitrogen and oxygen atoms in total. The average molecular weight is 307 g/mol. The summed E-state index contributed by atoms with van der Waals surface area (Å²) in [6.45, 7) is 3.46. The van der Waals surface area contributed by atoms with E-state index in [1.54, 1.807) is 6.07 Å². The van der Waals surface area contributed by atoms with Gasteiger partial charge in [0.25, 0.3) is 0 Å². The van der Waals surface area contributed by atoms with E-state index < -0.39 is 4.92 Å². The highest BCUT2D eigenvalue weighted by Crippen LogP contribution is 2.34. The number of hydrogen-bond acceptors (Lipinski definition) is 4. The van der Waals surface area contributed by atoms with Crippen LogP contribution in [0.4, 0.5) is 5.69 Å². The Kier molecular flexibility index (Phi) is 5.14. The van der Waals surface area contributed by atoms with E-state index in [4.69, 9.17) is 16.3 Å². The molecule has 0 radical (unpaired) electrons. The molecule has 1 N–H and O–H groups in total. The lowest BCUT2D eigenvalue weighted by molar-refractivity contribution is -0.385.